The Morgan fingerprint density at radius 3 is 2.70 bits per heavy atom. The van der Waals surface area contributed by atoms with E-state index in [-0.39, 0.29) is 5.92 Å². The number of fused-ring (bicyclic) bond motifs is 2. The van der Waals surface area contributed by atoms with Gasteiger partial charge in [0.1, 0.15) is 0 Å². The maximum absolute atomic E-state index is 13.8. The van der Waals surface area contributed by atoms with Crippen LogP contribution in [0.5, 0.6) is 11.5 Å². The summed E-state index contributed by atoms with van der Waals surface area (Å²) in [4.78, 5) is 15.4. The molecule has 0 radical (unpaired) electrons. The largest absolute Gasteiger partial charge is 0.493 e. The molecule has 1 aliphatic carbocycles. The van der Waals surface area contributed by atoms with Crippen LogP contribution in [0.25, 0.3) is 0 Å². The Kier molecular flexibility index (Phi) is 4.75. The summed E-state index contributed by atoms with van der Waals surface area (Å²) in [5.41, 5.74) is -0.0788. The predicted octanol–water partition coefficient (Wildman–Crippen LogP) is 1.13. The number of sulfonamides is 1. The predicted molar refractivity (Wildman–Crippen MR) is 111 cm³/mol. The highest BCUT2D eigenvalue weighted by Gasteiger charge is 2.63. The molecule has 0 aromatic heterocycles. The summed E-state index contributed by atoms with van der Waals surface area (Å²) in [5, 5.41) is 1.88. The van der Waals surface area contributed by atoms with E-state index in [0.29, 0.717) is 44.1 Å². The van der Waals surface area contributed by atoms with Gasteiger partial charge in [0.2, 0.25) is 15.9 Å². The molecule has 2 bridgehead atoms. The summed E-state index contributed by atoms with van der Waals surface area (Å²) in [6, 6.07) is 5.56. The molecule has 4 atom stereocenters. The van der Waals surface area contributed by atoms with Crippen LogP contribution in [-0.4, -0.2) is 74.8 Å². The third-order valence-electron chi connectivity index (χ3n) is 7.28. The van der Waals surface area contributed by atoms with Crippen LogP contribution < -0.4 is 14.8 Å². The van der Waals surface area contributed by atoms with E-state index in [1.807, 2.05) is 25.2 Å². The van der Waals surface area contributed by atoms with Crippen LogP contribution in [0.3, 0.4) is 0 Å². The molecule has 1 aromatic rings. The lowest BCUT2D eigenvalue weighted by atomic mass is 9.65. The smallest absolute Gasteiger partial charge is 0.243 e. The van der Waals surface area contributed by atoms with Gasteiger partial charge in [0.05, 0.1) is 7.11 Å². The molecule has 1 N–H and O–H groups in total. The Bertz CT molecular complexity index is 959. The Hall–Kier alpha value is -1.84. The lowest BCUT2D eigenvalue weighted by Gasteiger charge is -2.56. The second kappa shape index (κ2) is 7.10. The zero-order valence-electron chi connectivity index (χ0n) is 17.5. The van der Waals surface area contributed by atoms with Gasteiger partial charge in [0.25, 0.3) is 0 Å². The summed E-state index contributed by atoms with van der Waals surface area (Å²) < 4.78 is 41.0. The molecule has 0 unspecified atom stereocenters. The van der Waals surface area contributed by atoms with E-state index in [1.165, 1.54) is 4.31 Å². The van der Waals surface area contributed by atoms with Crippen LogP contribution in [-0.2, 0) is 14.8 Å². The molecule has 3 fully saturated rings. The van der Waals surface area contributed by atoms with Crippen molar-refractivity contribution in [2.45, 2.75) is 42.6 Å². The number of likely N-dealkylation sites (N-methyl/N-ethyl adjacent to an activating group) is 1. The van der Waals surface area contributed by atoms with Crippen molar-refractivity contribution in [1.82, 2.24) is 14.5 Å². The van der Waals surface area contributed by atoms with Crippen LogP contribution >= 0.6 is 0 Å². The number of rotatable bonds is 3. The maximum Gasteiger partial charge on any atom is 0.243 e. The molecule has 4 aliphatic rings. The first kappa shape index (κ1) is 20.1. The number of ether oxygens (including phenoxy) is 2. The van der Waals surface area contributed by atoms with Gasteiger partial charge < -0.3 is 19.7 Å². The number of carbonyl (C=O) groups excluding carboxylic acids is 1. The van der Waals surface area contributed by atoms with Gasteiger partial charge in [-0.25, -0.2) is 8.42 Å². The van der Waals surface area contributed by atoms with Gasteiger partial charge >= 0.3 is 0 Å². The number of para-hydroxylation sites is 1. The number of piperidine rings is 1. The molecule has 1 saturated carbocycles. The number of nitrogens with zero attached hydrogens (tertiary/aromatic N) is 2. The van der Waals surface area contributed by atoms with Crippen molar-refractivity contribution in [3.05, 3.63) is 23.8 Å². The van der Waals surface area contributed by atoms with E-state index in [9.17, 15) is 13.2 Å². The molecule has 0 spiro atoms. The van der Waals surface area contributed by atoms with Crippen LogP contribution in [0.15, 0.2) is 18.2 Å². The molecular weight excluding hydrogens is 406 g/mol. The minimum Gasteiger partial charge on any atom is -0.493 e. The van der Waals surface area contributed by atoms with Crippen molar-refractivity contribution in [3.8, 4) is 11.5 Å². The minimum absolute atomic E-state index is 0.0733. The molecule has 9 heteroatoms. The van der Waals surface area contributed by atoms with Crippen LogP contribution in [0.2, 0.25) is 0 Å². The minimum atomic E-state index is -3.83. The summed E-state index contributed by atoms with van der Waals surface area (Å²) in [6.45, 7) is 2.15. The maximum atomic E-state index is 13.8. The van der Waals surface area contributed by atoms with E-state index in [2.05, 4.69) is 10.2 Å². The van der Waals surface area contributed by atoms with Crippen LogP contribution in [0.4, 0.5) is 0 Å². The third kappa shape index (κ3) is 2.85. The van der Waals surface area contributed by atoms with E-state index < -0.39 is 32.8 Å². The zero-order valence-corrected chi connectivity index (χ0v) is 18.3. The molecule has 3 aliphatic heterocycles. The highest BCUT2D eigenvalue weighted by atomic mass is 32.2. The zero-order chi connectivity index (χ0) is 21.1. The number of benzene rings is 1. The fourth-order valence-corrected chi connectivity index (χ4v) is 7.78. The van der Waals surface area contributed by atoms with Crippen molar-refractivity contribution >= 4 is 15.9 Å². The fraction of sp³-hybridized carbons (Fsp3) is 0.667. The summed E-state index contributed by atoms with van der Waals surface area (Å²) in [7, 11) is -0.266. The second-order valence-corrected chi connectivity index (χ2v) is 11.0. The lowest BCUT2D eigenvalue weighted by molar-refractivity contribution is -0.147. The number of piperazine rings is 1. The lowest BCUT2D eigenvalue weighted by Crippen LogP contribution is -2.72. The molecule has 1 aromatic carbocycles. The highest BCUT2D eigenvalue weighted by Crippen LogP contribution is 2.57. The van der Waals surface area contributed by atoms with Gasteiger partial charge in [0, 0.05) is 50.0 Å². The molecule has 8 nitrogen and oxygen atoms in total. The number of hydrogen-bond acceptors (Lipinski definition) is 6. The number of methoxy groups -OCH3 is 1. The summed E-state index contributed by atoms with van der Waals surface area (Å²) >= 11 is 0. The van der Waals surface area contributed by atoms with Crippen LogP contribution in [0.1, 0.15) is 37.2 Å². The summed E-state index contributed by atoms with van der Waals surface area (Å²) in [6.07, 6.45) is 3.45. The number of nitrogens with one attached hydrogen (secondary N) is 1. The van der Waals surface area contributed by atoms with Crippen molar-refractivity contribution in [3.63, 3.8) is 0 Å². The summed E-state index contributed by atoms with van der Waals surface area (Å²) in [5.74, 6) is 0.193. The molecule has 30 heavy (non-hydrogen) atoms. The first-order valence-corrected chi connectivity index (χ1v) is 12.2. The van der Waals surface area contributed by atoms with E-state index in [4.69, 9.17) is 9.47 Å². The normalized spacial score (nSPS) is 34.3. The number of hydrogen-bond donors (Lipinski definition) is 1. The molecule has 3 heterocycles. The topological polar surface area (TPSA) is 88.2 Å². The third-order valence-corrected chi connectivity index (χ3v) is 9.51. The first-order valence-electron chi connectivity index (χ1n) is 10.7. The number of carbonyl (C=O) groups is 1. The average molecular weight is 436 g/mol. The monoisotopic (exact) mass is 435 g/mol. The van der Waals surface area contributed by atoms with Crippen LogP contribution in [0, 0.1) is 5.92 Å². The molecule has 5 rings (SSSR count). The first-order chi connectivity index (χ1) is 14.4. The number of amides is 1. The van der Waals surface area contributed by atoms with Gasteiger partial charge in [-0.2, -0.15) is 4.31 Å². The quantitative estimate of drug-likeness (QED) is 0.766. The Labute approximate surface area is 177 Å². The van der Waals surface area contributed by atoms with Gasteiger partial charge in [-0.05, 0) is 26.0 Å². The standard InChI is InChI=1S/C21H29N3O5S/c1-23-10-12-24(13-11-23)30(26,27)19-17-14-6-5-8-16(28-2)18(14)29-21(22-20(19)25)9-4-3-7-15(17)21/h5-6,8,15,17,19H,3-4,7,9-13H2,1-2H3,(H,22,25)/t15-,17-,19+,21+/m0/s1. The second-order valence-electron chi connectivity index (χ2n) is 8.91. The van der Waals surface area contributed by atoms with Gasteiger partial charge in [-0.1, -0.05) is 18.6 Å². The molecule has 1 amide bonds. The molecule has 2 saturated heterocycles. The van der Waals surface area contributed by atoms with Gasteiger partial charge in [0.15, 0.2) is 22.5 Å². The Morgan fingerprint density at radius 1 is 1.20 bits per heavy atom. The van der Waals surface area contributed by atoms with Crippen molar-refractivity contribution in [2.75, 3.05) is 40.3 Å². The van der Waals surface area contributed by atoms with Gasteiger partial charge in [-0.15, -0.1) is 0 Å². The SMILES string of the molecule is COc1cccc2c1O[C@]13CCCC[C@H]1[C@H]2[C@@H](S(=O)(=O)N1CCN(C)CC1)C(=O)N3. The van der Waals surface area contributed by atoms with E-state index >= 15 is 0 Å². The molecular formula is C21H29N3O5S. The van der Waals surface area contributed by atoms with Crippen molar-refractivity contribution in [2.24, 2.45) is 5.92 Å². The van der Waals surface area contributed by atoms with Gasteiger partial charge in [-0.3, -0.25) is 4.79 Å². The highest BCUT2D eigenvalue weighted by molar-refractivity contribution is 7.90. The fourth-order valence-electron chi connectivity index (χ4n) is 5.75. The average Bonchev–Trinajstić information content (AvgIpc) is 2.72. The molecule has 164 valence electrons. The van der Waals surface area contributed by atoms with E-state index in [1.54, 1.807) is 7.11 Å². The van der Waals surface area contributed by atoms with Crippen molar-refractivity contribution < 1.29 is 22.7 Å². The Morgan fingerprint density at radius 2 is 1.97 bits per heavy atom. The van der Waals surface area contributed by atoms with E-state index in [0.717, 1.165) is 24.8 Å². The Balaban J connectivity index is 1.63. The van der Waals surface area contributed by atoms with Crippen molar-refractivity contribution in [1.29, 1.82) is 0 Å².